The molecule has 0 spiro atoms. The SMILES string of the molecule is CCOc1ccc(NC(=O)CCC(=O)NNC(=O)c2ccccc2C(=O)[O-])cc1. The molecule has 0 saturated carbocycles. The Morgan fingerprint density at radius 3 is 2.10 bits per heavy atom. The van der Waals surface area contributed by atoms with Gasteiger partial charge in [0.25, 0.3) is 5.91 Å². The molecule has 0 atom stereocenters. The number of anilines is 1. The maximum atomic E-state index is 12.0. The van der Waals surface area contributed by atoms with E-state index in [0.29, 0.717) is 18.0 Å². The van der Waals surface area contributed by atoms with Gasteiger partial charge < -0.3 is 20.0 Å². The molecule has 3 N–H and O–H groups in total. The number of nitrogens with one attached hydrogen (secondary N) is 3. The van der Waals surface area contributed by atoms with E-state index in [1.165, 1.54) is 24.3 Å². The molecule has 9 heteroatoms. The second-order valence-corrected chi connectivity index (χ2v) is 5.84. The number of rotatable bonds is 8. The van der Waals surface area contributed by atoms with Gasteiger partial charge in [-0.05, 0) is 37.3 Å². The van der Waals surface area contributed by atoms with Crippen molar-refractivity contribution < 1.29 is 29.0 Å². The first-order valence-corrected chi connectivity index (χ1v) is 8.83. The molecule has 2 rings (SSSR count). The third-order valence-corrected chi connectivity index (χ3v) is 3.74. The highest BCUT2D eigenvalue weighted by Gasteiger charge is 2.13. The molecule has 29 heavy (non-hydrogen) atoms. The maximum absolute atomic E-state index is 12.0. The minimum absolute atomic E-state index is 0.107. The Kier molecular flexibility index (Phi) is 7.72. The van der Waals surface area contributed by atoms with Gasteiger partial charge in [-0.3, -0.25) is 25.2 Å². The standard InChI is InChI=1S/C20H21N3O6/c1-2-29-14-9-7-13(8-10-14)21-17(24)11-12-18(25)22-23-19(26)15-5-3-4-6-16(15)20(27)28/h3-10H,2,11-12H2,1H3,(H,21,24)(H,22,25)(H,23,26)(H,27,28)/p-1. The number of carboxylic acids is 1. The molecule has 0 aliphatic rings. The number of aromatic carboxylic acids is 1. The number of carboxylic acid groups (broad SMARTS) is 1. The van der Waals surface area contributed by atoms with Crippen LogP contribution in [0.2, 0.25) is 0 Å². The average Bonchev–Trinajstić information content (AvgIpc) is 2.72. The Balaban J connectivity index is 1.77. The predicted molar refractivity (Wildman–Crippen MR) is 102 cm³/mol. The lowest BCUT2D eigenvalue weighted by molar-refractivity contribution is -0.255. The molecule has 0 bridgehead atoms. The summed E-state index contributed by atoms with van der Waals surface area (Å²) < 4.78 is 5.31. The summed E-state index contributed by atoms with van der Waals surface area (Å²) in [7, 11) is 0. The van der Waals surface area contributed by atoms with Crippen LogP contribution in [-0.4, -0.2) is 30.3 Å². The van der Waals surface area contributed by atoms with Crippen molar-refractivity contribution in [2.45, 2.75) is 19.8 Å². The Labute approximate surface area is 167 Å². The highest BCUT2D eigenvalue weighted by molar-refractivity contribution is 6.04. The van der Waals surface area contributed by atoms with E-state index < -0.39 is 17.8 Å². The van der Waals surface area contributed by atoms with Gasteiger partial charge >= 0.3 is 0 Å². The molecule has 0 saturated heterocycles. The zero-order valence-electron chi connectivity index (χ0n) is 15.7. The number of hydrazine groups is 1. The molecule has 3 amide bonds. The van der Waals surface area contributed by atoms with E-state index in [4.69, 9.17) is 4.74 Å². The first kappa shape index (κ1) is 21.4. The first-order valence-electron chi connectivity index (χ1n) is 8.83. The third-order valence-electron chi connectivity index (χ3n) is 3.74. The molecule has 0 fully saturated rings. The van der Waals surface area contributed by atoms with Crippen LogP contribution < -0.4 is 26.0 Å². The van der Waals surface area contributed by atoms with Crippen LogP contribution in [0, 0.1) is 0 Å². The molecule has 0 aliphatic heterocycles. The van der Waals surface area contributed by atoms with Crippen LogP contribution in [0.1, 0.15) is 40.5 Å². The summed E-state index contributed by atoms with van der Waals surface area (Å²) >= 11 is 0. The number of hydrogen-bond donors (Lipinski definition) is 3. The van der Waals surface area contributed by atoms with E-state index in [-0.39, 0.29) is 29.9 Å². The van der Waals surface area contributed by atoms with Gasteiger partial charge in [0.2, 0.25) is 11.8 Å². The van der Waals surface area contributed by atoms with Crippen molar-refractivity contribution >= 4 is 29.4 Å². The molecule has 2 aromatic carbocycles. The lowest BCUT2D eigenvalue weighted by atomic mass is 10.1. The molecule has 0 aliphatic carbocycles. The molecular formula is C20H20N3O6-. The zero-order chi connectivity index (χ0) is 21.2. The van der Waals surface area contributed by atoms with Crippen molar-refractivity contribution in [1.82, 2.24) is 10.9 Å². The Hall–Kier alpha value is -3.88. The van der Waals surface area contributed by atoms with Gasteiger partial charge in [-0.1, -0.05) is 18.2 Å². The van der Waals surface area contributed by atoms with Gasteiger partial charge in [0.05, 0.1) is 18.1 Å². The topological polar surface area (TPSA) is 137 Å². The lowest BCUT2D eigenvalue weighted by Crippen LogP contribution is -2.42. The van der Waals surface area contributed by atoms with Crippen molar-refractivity contribution in [2.24, 2.45) is 0 Å². The molecule has 0 radical (unpaired) electrons. The molecule has 0 aromatic heterocycles. The van der Waals surface area contributed by atoms with Crippen molar-refractivity contribution in [2.75, 3.05) is 11.9 Å². The second-order valence-electron chi connectivity index (χ2n) is 5.84. The van der Waals surface area contributed by atoms with E-state index >= 15 is 0 Å². The summed E-state index contributed by atoms with van der Waals surface area (Å²) in [5.74, 6) is -2.62. The maximum Gasteiger partial charge on any atom is 0.270 e. The fraction of sp³-hybridized carbons (Fsp3) is 0.200. The Morgan fingerprint density at radius 2 is 1.48 bits per heavy atom. The van der Waals surface area contributed by atoms with E-state index in [1.54, 1.807) is 24.3 Å². The molecular weight excluding hydrogens is 378 g/mol. The summed E-state index contributed by atoms with van der Waals surface area (Å²) in [5.41, 5.74) is 4.36. The minimum Gasteiger partial charge on any atom is -0.545 e. The summed E-state index contributed by atoms with van der Waals surface area (Å²) in [5, 5.41) is 13.7. The van der Waals surface area contributed by atoms with Crippen LogP contribution in [0.15, 0.2) is 48.5 Å². The van der Waals surface area contributed by atoms with Crippen molar-refractivity contribution in [3.63, 3.8) is 0 Å². The largest absolute Gasteiger partial charge is 0.545 e. The van der Waals surface area contributed by atoms with Crippen LogP contribution >= 0.6 is 0 Å². The minimum atomic E-state index is -1.51. The van der Waals surface area contributed by atoms with E-state index in [0.717, 1.165) is 0 Å². The molecule has 9 nitrogen and oxygen atoms in total. The van der Waals surface area contributed by atoms with Gasteiger partial charge in [0.1, 0.15) is 5.75 Å². The highest BCUT2D eigenvalue weighted by Crippen LogP contribution is 2.15. The van der Waals surface area contributed by atoms with E-state index in [2.05, 4.69) is 16.2 Å². The quantitative estimate of drug-likeness (QED) is 0.558. The van der Waals surface area contributed by atoms with Crippen LogP contribution in [-0.2, 0) is 9.59 Å². The molecule has 152 valence electrons. The van der Waals surface area contributed by atoms with Gasteiger partial charge in [-0.2, -0.15) is 0 Å². The van der Waals surface area contributed by atoms with Gasteiger partial charge in [0, 0.05) is 24.1 Å². The number of carbonyl (C=O) groups is 4. The highest BCUT2D eigenvalue weighted by atomic mass is 16.5. The summed E-state index contributed by atoms with van der Waals surface area (Å²) in [6.45, 7) is 2.40. The van der Waals surface area contributed by atoms with Gasteiger partial charge in [-0.25, -0.2) is 0 Å². The van der Waals surface area contributed by atoms with E-state index in [9.17, 15) is 24.3 Å². The van der Waals surface area contributed by atoms with Crippen LogP contribution in [0.25, 0.3) is 0 Å². The predicted octanol–water partition coefficient (Wildman–Crippen LogP) is 0.629. The van der Waals surface area contributed by atoms with Crippen LogP contribution in [0.5, 0.6) is 5.75 Å². The van der Waals surface area contributed by atoms with Crippen LogP contribution in [0.4, 0.5) is 5.69 Å². The monoisotopic (exact) mass is 398 g/mol. The molecule has 0 heterocycles. The smallest absolute Gasteiger partial charge is 0.270 e. The number of carbonyl (C=O) groups excluding carboxylic acids is 4. The number of hydrogen-bond acceptors (Lipinski definition) is 6. The fourth-order valence-electron chi connectivity index (χ4n) is 2.37. The molecule has 2 aromatic rings. The fourth-order valence-corrected chi connectivity index (χ4v) is 2.37. The van der Waals surface area contributed by atoms with Crippen molar-refractivity contribution in [1.29, 1.82) is 0 Å². The second kappa shape index (κ2) is 10.5. The van der Waals surface area contributed by atoms with Gasteiger partial charge in [0.15, 0.2) is 0 Å². The summed E-state index contributed by atoms with van der Waals surface area (Å²) in [4.78, 5) is 46.8. The number of ether oxygens (including phenoxy) is 1. The zero-order valence-corrected chi connectivity index (χ0v) is 15.7. The summed E-state index contributed by atoms with van der Waals surface area (Å²) in [6, 6.07) is 12.2. The lowest BCUT2D eigenvalue weighted by Gasteiger charge is -2.11. The first-order chi connectivity index (χ1) is 13.9. The Morgan fingerprint density at radius 1 is 0.862 bits per heavy atom. The average molecular weight is 398 g/mol. The van der Waals surface area contributed by atoms with Crippen molar-refractivity contribution in [3.05, 3.63) is 59.7 Å². The normalized spacial score (nSPS) is 9.97. The number of benzene rings is 2. The van der Waals surface area contributed by atoms with E-state index in [1.807, 2.05) is 6.92 Å². The Bertz CT molecular complexity index is 895. The van der Waals surface area contributed by atoms with Crippen molar-refractivity contribution in [3.8, 4) is 5.75 Å². The van der Waals surface area contributed by atoms with Gasteiger partial charge in [-0.15, -0.1) is 0 Å². The number of amides is 3. The third kappa shape index (κ3) is 6.65. The summed E-state index contributed by atoms with van der Waals surface area (Å²) in [6.07, 6.45) is -0.282. The van der Waals surface area contributed by atoms with Crippen LogP contribution in [0.3, 0.4) is 0 Å². The molecule has 0 unspecified atom stereocenters.